The van der Waals surface area contributed by atoms with Gasteiger partial charge in [-0.05, 0) is 28.7 Å². The van der Waals surface area contributed by atoms with Gasteiger partial charge >= 0.3 is 0 Å². The van der Waals surface area contributed by atoms with Crippen molar-refractivity contribution in [2.75, 3.05) is 0 Å². The van der Waals surface area contributed by atoms with Crippen LogP contribution in [0.5, 0.6) is 0 Å². The number of aromatic amines is 1. The van der Waals surface area contributed by atoms with Crippen molar-refractivity contribution in [1.82, 2.24) is 9.97 Å². The summed E-state index contributed by atoms with van der Waals surface area (Å²) in [5.41, 5.74) is 0.793. The third-order valence-corrected chi connectivity index (χ3v) is 2.35. The second kappa shape index (κ2) is 2.44. The van der Waals surface area contributed by atoms with Crippen molar-refractivity contribution in [3.05, 3.63) is 28.0 Å². The molecule has 2 heterocycles. The molecule has 2 rings (SSSR count). The number of fused-ring (bicyclic) bond motifs is 1. The van der Waals surface area contributed by atoms with E-state index in [0.717, 1.165) is 9.09 Å². The van der Waals surface area contributed by atoms with Crippen molar-refractivity contribution < 1.29 is 4.39 Å². The predicted molar refractivity (Wildman–Crippen MR) is 48.8 cm³/mol. The van der Waals surface area contributed by atoms with E-state index in [0.29, 0.717) is 5.39 Å². The van der Waals surface area contributed by atoms with E-state index in [4.69, 9.17) is 0 Å². The number of rotatable bonds is 0. The molecule has 0 aromatic carbocycles. The Morgan fingerprint density at radius 1 is 1.55 bits per heavy atom. The highest BCUT2D eigenvalue weighted by Gasteiger charge is 2.05. The Morgan fingerprint density at radius 2 is 2.36 bits per heavy atom. The van der Waals surface area contributed by atoms with Gasteiger partial charge in [-0.1, -0.05) is 0 Å². The van der Waals surface area contributed by atoms with Crippen LogP contribution in [0.15, 0.2) is 18.5 Å². The van der Waals surface area contributed by atoms with Gasteiger partial charge in [-0.3, -0.25) is 0 Å². The lowest BCUT2D eigenvalue weighted by molar-refractivity contribution is 0.596. The average Bonchev–Trinajstić information content (AvgIpc) is 2.34. The highest BCUT2D eigenvalue weighted by Crippen LogP contribution is 2.20. The molecule has 0 bridgehead atoms. The topological polar surface area (TPSA) is 28.7 Å². The van der Waals surface area contributed by atoms with E-state index in [-0.39, 0.29) is 0 Å². The largest absolute Gasteiger partial charge is 0.360 e. The van der Waals surface area contributed by atoms with Crippen LogP contribution in [0.2, 0.25) is 0 Å². The van der Waals surface area contributed by atoms with Crippen molar-refractivity contribution in [2.45, 2.75) is 0 Å². The molecule has 56 valence electrons. The summed E-state index contributed by atoms with van der Waals surface area (Å²) in [6, 6.07) is 1.75. The van der Waals surface area contributed by atoms with Gasteiger partial charge in [0.05, 0.1) is 10.9 Å². The molecule has 0 fully saturated rings. The van der Waals surface area contributed by atoms with Crippen LogP contribution in [0.4, 0.5) is 4.39 Å². The molecule has 2 nitrogen and oxygen atoms in total. The number of pyridine rings is 1. The lowest BCUT2D eigenvalue weighted by atomic mass is 10.3. The minimum atomic E-state index is -0.409. The van der Waals surface area contributed by atoms with Crippen LogP contribution in [0.3, 0.4) is 0 Å². The van der Waals surface area contributed by atoms with Crippen LogP contribution < -0.4 is 0 Å². The van der Waals surface area contributed by atoms with Gasteiger partial charge in [-0.2, -0.15) is 4.39 Å². The van der Waals surface area contributed by atoms with Crippen LogP contribution in [0.1, 0.15) is 0 Å². The Bertz CT molecular complexity index is 396. The molecule has 0 aliphatic carbocycles. The summed E-state index contributed by atoms with van der Waals surface area (Å²) >= 11 is 2.07. The van der Waals surface area contributed by atoms with Crippen molar-refractivity contribution in [1.29, 1.82) is 0 Å². The Morgan fingerprint density at radius 3 is 3.09 bits per heavy atom. The summed E-state index contributed by atoms with van der Waals surface area (Å²) in [7, 11) is 0. The highest BCUT2D eigenvalue weighted by atomic mass is 127. The number of H-pyrrole nitrogens is 1. The van der Waals surface area contributed by atoms with Crippen molar-refractivity contribution in [3.63, 3.8) is 0 Å². The summed E-state index contributed by atoms with van der Waals surface area (Å²) in [6.45, 7) is 0. The lowest BCUT2D eigenvalue weighted by Crippen LogP contribution is -1.81. The fraction of sp³-hybridized carbons (Fsp3) is 0. The van der Waals surface area contributed by atoms with E-state index < -0.39 is 5.95 Å². The molecule has 0 atom stereocenters. The average molecular weight is 262 g/mol. The van der Waals surface area contributed by atoms with Crippen LogP contribution in [-0.2, 0) is 0 Å². The number of nitrogens with one attached hydrogen (secondary N) is 1. The van der Waals surface area contributed by atoms with E-state index >= 15 is 0 Å². The molecule has 11 heavy (non-hydrogen) atoms. The predicted octanol–water partition coefficient (Wildman–Crippen LogP) is 2.31. The van der Waals surface area contributed by atoms with E-state index in [1.54, 1.807) is 12.3 Å². The number of halogens is 2. The van der Waals surface area contributed by atoms with Gasteiger partial charge in [-0.25, -0.2) is 4.98 Å². The van der Waals surface area contributed by atoms with E-state index in [1.807, 2.05) is 0 Å². The Hall–Kier alpha value is -0.650. The van der Waals surface area contributed by atoms with Gasteiger partial charge in [0.1, 0.15) is 0 Å². The van der Waals surface area contributed by atoms with Gasteiger partial charge in [-0.15, -0.1) is 0 Å². The van der Waals surface area contributed by atoms with Gasteiger partial charge in [0.15, 0.2) is 0 Å². The quantitative estimate of drug-likeness (QED) is 0.572. The van der Waals surface area contributed by atoms with E-state index in [2.05, 4.69) is 32.6 Å². The van der Waals surface area contributed by atoms with Crippen LogP contribution in [0.25, 0.3) is 10.9 Å². The molecule has 4 heteroatoms. The molecule has 0 unspecified atom stereocenters. The molecule has 2 aromatic heterocycles. The molecular weight excluding hydrogens is 258 g/mol. The fourth-order valence-electron chi connectivity index (χ4n) is 0.997. The zero-order chi connectivity index (χ0) is 7.84. The molecular formula is C7H4FIN2. The van der Waals surface area contributed by atoms with E-state index in [9.17, 15) is 4.39 Å². The highest BCUT2D eigenvalue weighted by molar-refractivity contribution is 14.1. The van der Waals surface area contributed by atoms with Crippen molar-refractivity contribution >= 4 is 33.5 Å². The maximum atomic E-state index is 12.9. The molecule has 0 amide bonds. The lowest BCUT2D eigenvalue weighted by Gasteiger charge is -1.89. The van der Waals surface area contributed by atoms with Crippen molar-refractivity contribution in [2.24, 2.45) is 0 Å². The van der Waals surface area contributed by atoms with Crippen LogP contribution in [0, 0.1) is 9.52 Å². The summed E-state index contributed by atoms with van der Waals surface area (Å²) in [4.78, 5) is 6.49. The first-order chi connectivity index (χ1) is 5.29. The Balaban J connectivity index is 2.96. The SMILES string of the molecule is Fc1nccc2[nH]cc(I)c12. The van der Waals surface area contributed by atoms with Gasteiger partial charge in [0.2, 0.25) is 5.95 Å². The number of hydrogen-bond acceptors (Lipinski definition) is 1. The smallest absolute Gasteiger partial charge is 0.223 e. The monoisotopic (exact) mass is 262 g/mol. The number of aromatic nitrogens is 2. The maximum absolute atomic E-state index is 12.9. The first-order valence-corrected chi connectivity index (χ1v) is 4.14. The Labute approximate surface area is 76.0 Å². The molecule has 1 N–H and O–H groups in total. The molecule has 0 aliphatic heterocycles. The number of nitrogens with zero attached hydrogens (tertiary/aromatic N) is 1. The zero-order valence-corrected chi connectivity index (χ0v) is 7.59. The minimum Gasteiger partial charge on any atom is -0.360 e. The molecule has 0 saturated heterocycles. The van der Waals surface area contributed by atoms with Gasteiger partial charge in [0.25, 0.3) is 0 Å². The fourth-order valence-corrected chi connectivity index (χ4v) is 1.67. The standard InChI is InChI=1S/C7H4FIN2/c8-7-6-4(9)3-11-5(6)1-2-10-7/h1-3,11H. The second-order valence-corrected chi connectivity index (χ2v) is 3.32. The molecule has 0 spiro atoms. The molecule has 0 aliphatic rings. The summed E-state index contributed by atoms with van der Waals surface area (Å²) in [6.07, 6.45) is 3.21. The maximum Gasteiger partial charge on any atom is 0.223 e. The van der Waals surface area contributed by atoms with Crippen molar-refractivity contribution in [3.8, 4) is 0 Å². The zero-order valence-electron chi connectivity index (χ0n) is 5.44. The minimum absolute atomic E-state index is 0.409. The van der Waals surface area contributed by atoms with Crippen LogP contribution >= 0.6 is 22.6 Å². The van der Waals surface area contributed by atoms with E-state index in [1.165, 1.54) is 6.20 Å². The molecule has 0 saturated carbocycles. The second-order valence-electron chi connectivity index (χ2n) is 2.16. The third kappa shape index (κ3) is 1.01. The first kappa shape index (κ1) is 7.02. The molecule has 2 aromatic rings. The normalized spacial score (nSPS) is 10.7. The molecule has 0 radical (unpaired) electrons. The third-order valence-electron chi connectivity index (χ3n) is 1.50. The summed E-state index contributed by atoms with van der Waals surface area (Å²) in [5, 5.41) is 0.577. The van der Waals surface area contributed by atoms with Crippen LogP contribution in [-0.4, -0.2) is 9.97 Å². The summed E-state index contributed by atoms with van der Waals surface area (Å²) < 4.78 is 13.8. The van der Waals surface area contributed by atoms with Gasteiger partial charge < -0.3 is 4.98 Å². The van der Waals surface area contributed by atoms with Gasteiger partial charge in [0, 0.05) is 16.0 Å². The summed E-state index contributed by atoms with van der Waals surface area (Å²) in [5.74, 6) is -0.409. The first-order valence-electron chi connectivity index (χ1n) is 3.06. The number of hydrogen-bond donors (Lipinski definition) is 1. The Kier molecular flexibility index (Phi) is 1.56.